The highest BCUT2D eigenvalue weighted by Crippen LogP contribution is 2.19. The predicted octanol–water partition coefficient (Wildman–Crippen LogP) is 3.54. The van der Waals surface area contributed by atoms with Crippen LogP contribution in [0.5, 0.6) is 0 Å². The Hall–Kier alpha value is -3.49. The third kappa shape index (κ3) is 6.55. The molecule has 0 aliphatic heterocycles. The number of carbonyl (C=O) groups excluding carboxylic acids is 2. The molecule has 186 valence electrons. The lowest BCUT2D eigenvalue weighted by molar-refractivity contribution is -0.141. The van der Waals surface area contributed by atoms with Crippen LogP contribution in [0.1, 0.15) is 56.8 Å². The summed E-state index contributed by atoms with van der Waals surface area (Å²) in [6.45, 7) is 4.11. The fraction of sp³-hybridized carbons (Fsp3) is 0.500. The molecule has 0 radical (unpaired) electrons. The van der Waals surface area contributed by atoms with E-state index in [9.17, 15) is 9.59 Å². The first-order valence-corrected chi connectivity index (χ1v) is 12.5. The van der Waals surface area contributed by atoms with E-state index >= 15 is 0 Å². The Bertz CT molecular complexity index is 1100. The van der Waals surface area contributed by atoms with Gasteiger partial charge in [0, 0.05) is 12.6 Å². The molecule has 1 aliphatic carbocycles. The quantitative estimate of drug-likeness (QED) is 0.478. The van der Waals surface area contributed by atoms with Crippen LogP contribution in [0.25, 0.3) is 11.6 Å². The van der Waals surface area contributed by atoms with Gasteiger partial charge in [-0.2, -0.15) is 4.80 Å². The Morgan fingerprint density at radius 1 is 1.14 bits per heavy atom. The van der Waals surface area contributed by atoms with Gasteiger partial charge in [-0.3, -0.25) is 9.59 Å². The molecular formula is C26H34N6O3. The minimum atomic E-state index is -0.552. The molecule has 0 saturated heterocycles. The highest BCUT2D eigenvalue weighted by molar-refractivity contribution is 5.87. The van der Waals surface area contributed by atoms with Gasteiger partial charge < -0.3 is 14.6 Å². The highest BCUT2D eigenvalue weighted by Gasteiger charge is 2.30. The highest BCUT2D eigenvalue weighted by atomic mass is 16.3. The molecule has 1 aromatic carbocycles. The second-order valence-corrected chi connectivity index (χ2v) is 9.14. The third-order valence-corrected chi connectivity index (χ3v) is 6.51. The van der Waals surface area contributed by atoms with Gasteiger partial charge in [-0.25, -0.2) is 0 Å². The lowest BCUT2D eigenvalue weighted by Gasteiger charge is -2.32. The summed E-state index contributed by atoms with van der Waals surface area (Å²) in [5, 5.41) is 15.6. The van der Waals surface area contributed by atoms with Gasteiger partial charge >= 0.3 is 0 Å². The fourth-order valence-corrected chi connectivity index (χ4v) is 4.62. The van der Waals surface area contributed by atoms with E-state index in [1.165, 1.54) is 11.2 Å². The molecule has 3 aromatic rings. The molecule has 35 heavy (non-hydrogen) atoms. The first kappa shape index (κ1) is 24.6. The standard InChI is InChI=1S/C26H34N6O3/c1-3-22(26(34)27-21-12-8-5-9-13-21)31(17-16-20-10-6-4-7-11-20)24(33)18-32-29-25(28-30-32)23-15-14-19(2)35-23/h4,6-7,10-11,14-15,21-22H,3,5,8-9,12-13,16-18H2,1-2H3,(H,27,34)/t22-/m1/s1. The van der Waals surface area contributed by atoms with E-state index in [4.69, 9.17) is 4.42 Å². The van der Waals surface area contributed by atoms with Crippen LogP contribution in [0.3, 0.4) is 0 Å². The second-order valence-electron chi connectivity index (χ2n) is 9.14. The lowest BCUT2D eigenvalue weighted by atomic mass is 9.95. The van der Waals surface area contributed by atoms with E-state index in [-0.39, 0.29) is 24.4 Å². The summed E-state index contributed by atoms with van der Waals surface area (Å²) < 4.78 is 5.56. The van der Waals surface area contributed by atoms with Crippen molar-refractivity contribution in [1.82, 2.24) is 30.4 Å². The smallest absolute Gasteiger partial charge is 0.246 e. The second kappa shape index (κ2) is 11.8. The summed E-state index contributed by atoms with van der Waals surface area (Å²) in [5.74, 6) is 1.27. The summed E-state index contributed by atoms with van der Waals surface area (Å²) in [6.07, 6.45) is 6.66. The van der Waals surface area contributed by atoms with E-state index < -0.39 is 6.04 Å². The van der Waals surface area contributed by atoms with Crippen LogP contribution in [0.15, 0.2) is 46.9 Å². The number of carbonyl (C=O) groups is 2. The zero-order valence-electron chi connectivity index (χ0n) is 20.5. The molecule has 9 nitrogen and oxygen atoms in total. The molecule has 0 unspecified atom stereocenters. The van der Waals surface area contributed by atoms with Gasteiger partial charge in [0.05, 0.1) is 0 Å². The van der Waals surface area contributed by atoms with Crippen LogP contribution < -0.4 is 5.32 Å². The van der Waals surface area contributed by atoms with Crippen molar-refractivity contribution in [3.8, 4) is 11.6 Å². The Kier molecular flexibility index (Phi) is 8.28. The number of tetrazole rings is 1. The van der Waals surface area contributed by atoms with Crippen LogP contribution in [0.4, 0.5) is 0 Å². The number of hydrogen-bond acceptors (Lipinski definition) is 6. The summed E-state index contributed by atoms with van der Waals surface area (Å²) in [7, 11) is 0. The molecule has 1 saturated carbocycles. The topological polar surface area (TPSA) is 106 Å². The van der Waals surface area contributed by atoms with Crippen molar-refractivity contribution < 1.29 is 14.0 Å². The van der Waals surface area contributed by atoms with E-state index in [1.807, 2.05) is 50.2 Å². The summed E-state index contributed by atoms with van der Waals surface area (Å²) >= 11 is 0. The van der Waals surface area contributed by atoms with Crippen LogP contribution in [0, 0.1) is 6.92 Å². The summed E-state index contributed by atoms with van der Waals surface area (Å²) in [4.78, 5) is 29.7. The van der Waals surface area contributed by atoms with E-state index in [1.54, 1.807) is 11.0 Å². The molecule has 1 atom stereocenters. The Morgan fingerprint density at radius 3 is 2.60 bits per heavy atom. The van der Waals surface area contributed by atoms with Crippen LogP contribution >= 0.6 is 0 Å². The molecule has 2 heterocycles. The first-order valence-electron chi connectivity index (χ1n) is 12.5. The Labute approximate surface area is 205 Å². The van der Waals surface area contributed by atoms with Crippen molar-refractivity contribution >= 4 is 11.8 Å². The number of aryl methyl sites for hydroxylation is 1. The number of hydrogen-bond donors (Lipinski definition) is 1. The molecule has 4 rings (SSSR count). The number of rotatable bonds is 10. The van der Waals surface area contributed by atoms with Crippen molar-refractivity contribution in [2.75, 3.05) is 6.54 Å². The van der Waals surface area contributed by atoms with Crippen LogP contribution in [-0.2, 0) is 22.6 Å². The molecule has 1 N–H and O–H groups in total. The van der Waals surface area contributed by atoms with Crippen LogP contribution in [-0.4, -0.2) is 55.5 Å². The number of furan rings is 1. The minimum absolute atomic E-state index is 0.0842. The predicted molar refractivity (Wildman–Crippen MR) is 131 cm³/mol. The van der Waals surface area contributed by atoms with Crippen molar-refractivity contribution in [3.63, 3.8) is 0 Å². The van der Waals surface area contributed by atoms with Gasteiger partial charge in [0.25, 0.3) is 0 Å². The largest absolute Gasteiger partial charge is 0.458 e. The fourth-order valence-electron chi connectivity index (χ4n) is 4.62. The summed E-state index contributed by atoms with van der Waals surface area (Å²) in [6, 6.07) is 13.2. The number of aromatic nitrogens is 4. The molecule has 2 aromatic heterocycles. The van der Waals surface area contributed by atoms with Crippen molar-refractivity contribution in [2.24, 2.45) is 0 Å². The number of nitrogens with one attached hydrogen (secondary N) is 1. The zero-order valence-corrected chi connectivity index (χ0v) is 20.5. The zero-order chi connectivity index (χ0) is 24.6. The van der Waals surface area contributed by atoms with Crippen LogP contribution in [0.2, 0.25) is 0 Å². The maximum atomic E-state index is 13.5. The van der Waals surface area contributed by atoms with Gasteiger partial charge in [0.2, 0.25) is 17.6 Å². The maximum absolute atomic E-state index is 13.5. The first-order chi connectivity index (χ1) is 17.0. The van der Waals surface area contributed by atoms with Gasteiger partial charge in [0.15, 0.2) is 5.76 Å². The number of nitrogens with zero attached hydrogens (tertiary/aromatic N) is 5. The van der Waals surface area contributed by atoms with Crippen molar-refractivity contribution in [2.45, 2.75) is 77.4 Å². The van der Waals surface area contributed by atoms with Crippen molar-refractivity contribution in [3.05, 3.63) is 53.8 Å². The van der Waals surface area contributed by atoms with Gasteiger partial charge in [-0.1, -0.05) is 56.5 Å². The van der Waals surface area contributed by atoms with Gasteiger partial charge in [-0.05, 0) is 55.5 Å². The van der Waals surface area contributed by atoms with E-state index in [2.05, 4.69) is 20.7 Å². The van der Waals surface area contributed by atoms with E-state index in [0.29, 0.717) is 31.0 Å². The van der Waals surface area contributed by atoms with Crippen molar-refractivity contribution in [1.29, 1.82) is 0 Å². The average Bonchev–Trinajstić information content (AvgIpc) is 3.51. The normalized spacial score (nSPS) is 15.0. The summed E-state index contributed by atoms with van der Waals surface area (Å²) in [5.41, 5.74) is 1.11. The average molecular weight is 479 g/mol. The SMILES string of the molecule is CC[C@H](C(=O)NC1CCCCC1)N(CCc1ccccc1)C(=O)Cn1nnc(-c2ccc(C)o2)n1. The number of benzene rings is 1. The van der Waals surface area contributed by atoms with Gasteiger partial charge in [-0.15, -0.1) is 10.2 Å². The molecule has 1 aliphatic rings. The lowest BCUT2D eigenvalue weighted by Crippen LogP contribution is -2.53. The maximum Gasteiger partial charge on any atom is 0.246 e. The molecule has 9 heteroatoms. The molecule has 0 spiro atoms. The Balaban J connectivity index is 1.48. The number of amides is 2. The third-order valence-electron chi connectivity index (χ3n) is 6.51. The van der Waals surface area contributed by atoms with Gasteiger partial charge in [0.1, 0.15) is 18.3 Å². The molecule has 2 amide bonds. The molecular weight excluding hydrogens is 444 g/mol. The molecule has 0 bridgehead atoms. The van der Waals surface area contributed by atoms with E-state index in [0.717, 1.165) is 37.0 Å². The Morgan fingerprint density at radius 2 is 1.91 bits per heavy atom. The monoisotopic (exact) mass is 478 g/mol. The minimum Gasteiger partial charge on any atom is -0.458 e. The molecule has 1 fully saturated rings.